The van der Waals surface area contributed by atoms with Crippen LogP contribution >= 0.6 is 0 Å². The van der Waals surface area contributed by atoms with E-state index in [1.165, 1.54) is 23.2 Å². The molecule has 0 spiro atoms. The van der Waals surface area contributed by atoms with Crippen molar-refractivity contribution in [2.24, 2.45) is 0 Å². The number of hydrogen-bond acceptors (Lipinski definition) is 3. The molecule has 0 bridgehead atoms. The van der Waals surface area contributed by atoms with E-state index in [2.05, 4.69) is 28.8 Å². The molecular formula is C16H18N2O. The van der Waals surface area contributed by atoms with Gasteiger partial charge in [-0.05, 0) is 36.1 Å². The summed E-state index contributed by atoms with van der Waals surface area (Å²) in [6.45, 7) is 1.82. The van der Waals surface area contributed by atoms with Gasteiger partial charge in [0.15, 0.2) is 0 Å². The summed E-state index contributed by atoms with van der Waals surface area (Å²) in [5.41, 5.74) is 4.90. The highest BCUT2D eigenvalue weighted by molar-refractivity contribution is 5.60. The second-order valence-corrected chi connectivity index (χ2v) is 4.89. The lowest BCUT2D eigenvalue weighted by molar-refractivity contribution is 0.475. The Morgan fingerprint density at radius 1 is 1.16 bits per heavy atom. The van der Waals surface area contributed by atoms with Crippen LogP contribution in [0.3, 0.4) is 0 Å². The zero-order valence-corrected chi connectivity index (χ0v) is 10.8. The van der Waals surface area contributed by atoms with Gasteiger partial charge in [-0.1, -0.05) is 24.3 Å². The van der Waals surface area contributed by atoms with E-state index >= 15 is 0 Å². The molecule has 1 aliphatic heterocycles. The van der Waals surface area contributed by atoms with Gasteiger partial charge in [-0.15, -0.1) is 0 Å². The molecule has 0 saturated heterocycles. The van der Waals surface area contributed by atoms with Gasteiger partial charge >= 0.3 is 0 Å². The van der Waals surface area contributed by atoms with Gasteiger partial charge < -0.3 is 15.7 Å². The quantitative estimate of drug-likeness (QED) is 0.787. The number of phenolic OH excluding ortho intramolecular Hbond substituents is 1. The molecule has 0 fully saturated rings. The zero-order valence-electron chi connectivity index (χ0n) is 10.8. The Kier molecular flexibility index (Phi) is 3.27. The molecule has 1 aliphatic rings. The molecule has 0 aliphatic carbocycles. The Hall–Kier alpha value is -2.16. The van der Waals surface area contributed by atoms with Gasteiger partial charge in [-0.3, -0.25) is 0 Å². The molecule has 0 aromatic heterocycles. The maximum atomic E-state index is 9.45. The maximum absolute atomic E-state index is 9.45. The maximum Gasteiger partial charge on any atom is 0.117 e. The van der Waals surface area contributed by atoms with E-state index in [-0.39, 0.29) is 0 Å². The molecule has 19 heavy (non-hydrogen) atoms. The lowest BCUT2D eigenvalue weighted by Gasteiger charge is -2.21. The summed E-state index contributed by atoms with van der Waals surface area (Å²) >= 11 is 0. The second kappa shape index (κ2) is 5.22. The normalized spacial score (nSPS) is 13.5. The Morgan fingerprint density at radius 3 is 2.95 bits per heavy atom. The molecule has 2 aromatic carbocycles. The van der Waals surface area contributed by atoms with Crippen LogP contribution in [0.1, 0.15) is 17.5 Å². The van der Waals surface area contributed by atoms with Gasteiger partial charge in [0, 0.05) is 30.5 Å². The van der Waals surface area contributed by atoms with Crippen LogP contribution < -0.4 is 10.6 Å². The SMILES string of the molecule is Oc1cccc(NCc2cccc3c2NCCC3)c1. The van der Waals surface area contributed by atoms with Crippen LogP contribution in [-0.4, -0.2) is 11.7 Å². The molecule has 0 saturated carbocycles. The summed E-state index contributed by atoms with van der Waals surface area (Å²) in [7, 11) is 0. The Bertz CT molecular complexity index is 581. The first-order valence-corrected chi connectivity index (χ1v) is 6.70. The topological polar surface area (TPSA) is 44.3 Å². The fourth-order valence-electron chi connectivity index (χ4n) is 2.54. The number of phenols is 1. The fourth-order valence-corrected chi connectivity index (χ4v) is 2.54. The summed E-state index contributed by atoms with van der Waals surface area (Å²) < 4.78 is 0. The van der Waals surface area contributed by atoms with E-state index < -0.39 is 0 Å². The van der Waals surface area contributed by atoms with Crippen LogP contribution in [0.4, 0.5) is 11.4 Å². The van der Waals surface area contributed by atoms with Crippen LogP contribution in [0.2, 0.25) is 0 Å². The molecule has 0 unspecified atom stereocenters. The van der Waals surface area contributed by atoms with E-state index in [4.69, 9.17) is 0 Å². The third kappa shape index (κ3) is 2.65. The minimum Gasteiger partial charge on any atom is -0.508 e. The van der Waals surface area contributed by atoms with Crippen molar-refractivity contribution in [2.75, 3.05) is 17.2 Å². The third-order valence-corrected chi connectivity index (χ3v) is 3.49. The number of aryl methyl sites for hydroxylation is 1. The lowest BCUT2D eigenvalue weighted by Crippen LogP contribution is -2.14. The predicted octanol–water partition coefficient (Wildman–Crippen LogP) is 3.36. The highest BCUT2D eigenvalue weighted by Gasteiger charge is 2.11. The van der Waals surface area contributed by atoms with Crippen molar-refractivity contribution < 1.29 is 5.11 Å². The van der Waals surface area contributed by atoms with Gasteiger partial charge in [-0.2, -0.15) is 0 Å². The molecule has 0 amide bonds. The molecule has 0 atom stereocenters. The first-order chi connectivity index (χ1) is 9.33. The van der Waals surface area contributed by atoms with Crippen molar-refractivity contribution in [3.05, 3.63) is 53.6 Å². The van der Waals surface area contributed by atoms with Gasteiger partial charge in [0.25, 0.3) is 0 Å². The monoisotopic (exact) mass is 254 g/mol. The number of hydrogen-bond donors (Lipinski definition) is 3. The van der Waals surface area contributed by atoms with Crippen molar-refractivity contribution in [2.45, 2.75) is 19.4 Å². The minimum atomic E-state index is 0.290. The average molecular weight is 254 g/mol. The van der Waals surface area contributed by atoms with Crippen LogP contribution in [0, 0.1) is 0 Å². The standard InChI is InChI=1S/C16H18N2O/c19-15-8-2-7-14(10-15)18-11-13-5-1-4-12-6-3-9-17-16(12)13/h1-2,4-5,7-8,10,17-19H,3,6,9,11H2. The lowest BCUT2D eigenvalue weighted by atomic mass is 9.99. The fraction of sp³-hybridized carbons (Fsp3) is 0.250. The van der Waals surface area contributed by atoms with E-state index in [1.807, 2.05) is 12.1 Å². The van der Waals surface area contributed by atoms with Crippen molar-refractivity contribution in [1.82, 2.24) is 0 Å². The molecule has 3 rings (SSSR count). The first-order valence-electron chi connectivity index (χ1n) is 6.70. The predicted molar refractivity (Wildman–Crippen MR) is 78.7 cm³/mol. The summed E-state index contributed by atoms with van der Waals surface area (Å²) in [6, 6.07) is 13.7. The largest absolute Gasteiger partial charge is 0.508 e. The van der Waals surface area contributed by atoms with Crippen molar-refractivity contribution in [3.8, 4) is 5.75 Å². The van der Waals surface area contributed by atoms with Crippen LogP contribution in [-0.2, 0) is 13.0 Å². The molecule has 1 heterocycles. The number of nitrogens with one attached hydrogen (secondary N) is 2. The van der Waals surface area contributed by atoms with Gasteiger partial charge in [0.1, 0.15) is 5.75 Å². The molecular weight excluding hydrogens is 236 g/mol. The van der Waals surface area contributed by atoms with Crippen molar-refractivity contribution in [3.63, 3.8) is 0 Å². The Balaban J connectivity index is 1.77. The van der Waals surface area contributed by atoms with Crippen molar-refractivity contribution in [1.29, 1.82) is 0 Å². The van der Waals surface area contributed by atoms with Crippen LogP contribution in [0.15, 0.2) is 42.5 Å². The van der Waals surface area contributed by atoms with Gasteiger partial charge in [0.05, 0.1) is 0 Å². The zero-order chi connectivity index (χ0) is 13.1. The summed E-state index contributed by atoms with van der Waals surface area (Å²) in [4.78, 5) is 0. The van der Waals surface area contributed by atoms with Gasteiger partial charge in [-0.25, -0.2) is 0 Å². The molecule has 3 nitrogen and oxygen atoms in total. The molecule has 98 valence electrons. The third-order valence-electron chi connectivity index (χ3n) is 3.49. The molecule has 0 radical (unpaired) electrons. The number of anilines is 2. The number of para-hydroxylation sites is 1. The minimum absolute atomic E-state index is 0.290. The van der Waals surface area contributed by atoms with Crippen molar-refractivity contribution >= 4 is 11.4 Å². The molecule has 3 heteroatoms. The van der Waals surface area contributed by atoms with E-state index in [0.29, 0.717) is 5.75 Å². The second-order valence-electron chi connectivity index (χ2n) is 4.89. The van der Waals surface area contributed by atoms with Crippen LogP contribution in [0.5, 0.6) is 5.75 Å². The summed E-state index contributed by atoms with van der Waals surface area (Å²) in [5.74, 6) is 0.290. The average Bonchev–Trinajstić information content (AvgIpc) is 2.45. The summed E-state index contributed by atoms with van der Waals surface area (Å²) in [6.07, 6.45) is 2.36. The first kappa shape index (κ1) is 11.9. The highest BCUT2D eigenvalue weighted by Crippen LogP contribution is 2.27. The number of fused-ring (bicyclic) bond motifs is 1. The smallest absolute Gasteiger partial charge is 0.117 e. The number of benzene rings is 2. The summed E-state index contributed by atoms with van der Waals surface area (Å²) in [5, 5.41) is 16.3. The van der Waals surface area contributed by atoms with E-state index in [1.54, 1.807) is 12.1 Å². The van der Waals surface area contributed by atoms with Crippen LogP contribution in [0.25, 0.3) is 0 Å². The highest BCUT2D eigenvalue weighted by atomic mass is 16.3. The van der Waals surface area contributed by atoms with E-state index in [0.717, 1.165) is 25.2 Å². The number of rotatable bonds is 3. The Morgan fingerprint density at radius 2 is 2.05 bits per heavy atom. The van der Waals surface area contributed by atoms with Gasteiger partial charge in [0.2, 0.25) is 0 Å². The van der Waals surface area contributed by atoms with E-state index in [9.17, 15) is 5.11 Å². The number of aromatic hydroxyl groups is 1. The molecule has 2 aromatic rings. The molecule has 3 N–H and O–H groups in total. The Labute approximate surface area is 113 Å².